The molecule has 1 atom stereocenters. The minimum absolute atomic E-state index is 0.0781. The van der Waals surface area contributed by atoms with Crippen LogP contribution in [0.1, 0.15) is 55.6 Å². The maximum Gasteiger partial charge on any atom is 0.490 e. The maximum absolute atomic E-state index is 14.0. The molecule has 1 amide bonds. The Kier molecular flexibility index (Phi) is 7.17. The van der Waals surface area contributed by atoms with Crippen LogP contribution in [0.2, 0.25) is 0 Å². The molecule has 1 saturated carbocycles. The zero-order valence-corrected chi connectivity index (χ0v) is 18.4. The summed E-state index contributed by atoms with van der Waals surface area (Å²) in [6, 6.07) is 5.25. The average molecular weight is 458 g/mol. The first-order valence-corrected chi connectivity index (χ1v) is 10.9. The number of hydrogen-bond acceptors (Lipinski definition) is 3. The Hall–Kier alpha value is -2.16. The number of carbonyl (C=O) groups is 2. The van der Waals surface area contributed by atoms with Crippen molar-refractivity contribution in [2.75, 3.05) is 33.7 Å². The minimum atomic E-state index is -5.08. The second-order valence-electron chi connectivity index (χ2n) is 9.45. The maximum atomic E-state index is 14.0. The van der Waals surface area contributed by atoms with Gasteiger partial charge >= 0.3 is 12.1 Å². The molecular weight excluding hydrogens is 428 g/mol. The van der Waals surface area contributed by atoms with Gasteiger partial charge in [0.05, 0.1) is 0 Å². The Balaban J connectivity index is 0.000000360. The first-order chi connectivity index (χ1) is 14.9. The minimum Gasteiger partial charge on any atom is -0.475 e. The molecule has 4 rings (SSSR count). The third-order valence-electron chi connectivity index (χ3n) is 6.85. The predicted octanol–water partition coefficient (Wildman–Crippen LogP) is 4.17. The number of carboxylic acid groups (broad SMARTS) is 1. The Labute approximate surface area is 185 Å². The molecule has 5 nitrogen and oxygen atoms in total. The Morgan fingerprint density at radius 2 is 1.78 bits per heavy atom. The molecule has 1 aromatic carbocycles. The van der Waals surface area contributed by atoms with Crippen LogP contribution in [0.5, 0.6) is 0 Å². The number of amides is 1. The molecule has 1 aliphatic heterocycles. The third kappa shape index (κ3) is 5.79. The fourth-order valence-corrected chi connectivity index (χ4v) is 4.91. The number of halogens is 4. The monoisotopic (exact) mass is 458 g/mol. The van der Waals surface area contributed by atoms with Gasteiger partial charge in [-0.05, 0) is 85.7 Å². The number of piperidine rings is 1. The summed E-state index contributed by atoms with van der Waals surface area (Å²) in [7, 11) is 3.63. The zero-order chi connectivity index (χ0) is 23.7. The van der Waals surface area contributed by atoms with Crippen LogP contribution in [0.4, 0.5) is 17.6 Å². The summed E-state index contributed by atoms with van der Waals surface area (Å²) in [5, 5.41) is 7.12. The number of carbonyl (C=O) groups excluding carboxylic acids is 1. The second-order valence-corrected chi connectivity index (χ2v) is 9.45. The molecule has 1 aromatic rings. The lowest BCUT2D eigenvalue weighted by molar-refractivity contribution is -0.192. The third-order valence-corrected chi connectivity index (χ3v) is 6.85. The molecule has 1 unspecified atom stereocenters. The van der Waals surface area contributed by atoms with Crippen molar-refractivity contribution < 1.29 is 32.3 Å². The van der Waals surface area contributed by atoms with E-state index in [-0.39, 0.29) is 23.1 Å². The van der Waals surface area contributed by atoms with Crippen LogP contribution < -0.4 is 0 Å². The number of alkyl halides is 3. The van der Waals surface area contributed by atoms with E-state index in [1.807, 2.05) is 20.2 Å². The van der Waals surface area contributed by atoms with Gasteiger partial charge in [0.25, 0.3) is 0 Å². The van der Waals surface area contributed by atoms with Crippen LogP contribution in [-0.2, 0) is 15.0 Å². The fraction of sp³-hybridized carbons (Fsp3) is 0.652. The highest BCUT2D eigenvalue weighted by atomic mass is 19.4. The van der Waals surface area contributed by atoms with Crippen molar-refractivity contribution in [1.82, 2.24) is 9.80 Å². The molecule has 0 bridgehead atoms. The largest absolute Gasteiger partial charge is 0.490 e. The fourth-order valence-electron chi connectivity index (χ4n) is 4.91. The van der Waals surface area contributed by atoms with Crippen LogP contribution >= 0.6 is 0 Å². The first-order valence-electron chi connectivity index (χ1n) is 10.9. The number of nitrogens with zero attached hydrogens (tertiary/aromatic N) is 2. The van der Waals surface area contributed by atoms with E-state index in [4.69, 9.17) is 9.90 Å². The molecule has 32 heavy (non-hydrogen) atoms. The SMILES string of the molecule is CN(C)C(=O)CC1CC2(CCN(CC3CC3)CC2)c2cc(F)ccc21.O=C(O)C(F)(F)F. The number of rotatable bonds is 4. The van der Waals surface area contributed by atoms with E-state index >= 15 is 0 Å². The molecule has 178 valence electrons. The van der Waals surface area contributed by atoms with Gasteiger partial charge in [0.1, 0.15) is 5.82 Å². The van der Waals surface area contributed by atoms with Gasteiger partial charge in [-0.25, -0.2) is 9.18 Å². The number of hydrogen-bond donors (Lipinski definition) is 1. The van der Waals surface area contributed by atoms with Gasteiger partial charge in [0.15, 0.2) is 0 Å². The standard InChI is InChI=1S/C21H29FN2O.C2HF3O2/c1-23(2)20(25)11-16-13-21(19-12-17(22)5-6-18(16)19)7-9-24(10-8-21)14-15-3-4-15;3-2(4,5)1(6)7/h5-6,12,15-16H,3-4,7-11,13-14H2,1-2H3;(H,6,7). The van der Waals surface area contributed by atoms with Gasteiger partial charge < -0.3 is 14.9 Å². The smallest absolute Gasteiger partial charge is 0.475 e. The predicted molar refractivity (Wildman–Crippen MR) is 111 cm³/mol. The number of fused-ring (bicyclic) bond motifs is 2. The first kappa shape index (κ1) is 24.5. The summed E-state index contributed by atoms with van der Waals surface area (Å²) < 4.78 is 45.7. The topological polar surface area (TPSA) is 60.9 Å². The van der Waals surface area contributed by atoms with Gasteiger partial charge in [0, 0.05) is 27.1 Å². The van der Waals surface area contributed by atoms with Crippen LogP contribution in [0.3, 0.4) is 0 Å². The molecule has 1 spiro atoms. The highest BCUT2D eigenvalue weighted by Gasteiger charge is 2.46. The number of likely N-dealkylation sites (tertiary alicyclic amines) is 1. The summed E-state index contributed by atoms with van der Waals surface area (Å²) in [6.45, 7) is 3.47. The normalized spacial score (nSPS) is 22.1. The average Bonchev–Trinajstić information content (AvgIpc) is 3.48. The highest BCUT2D eigenvalue weighted by Crippen LogP contribution is 2.53. The number of carboxylic acids is 1. The van der Waals surface area contributed by atoms with Crippen molar-refractivity contribution in [2.24, 2.45) is 5.92 Å². The van der Waals surface area contributed by atoms with E-state index in [2.05, 4.69) is 4.90 Å². The summed E-state index contributed by atoms with van der Waals surface area (Å²) in [5.41, 5.74) is 2.48. The second kappa shape index (κ2) is 9.37. The van der Waals surface area contributed by atoms with Crippen LogP contribution in [-0.4, -0.2) is 66.7 Å². The Morgan fingerprint density at radius 1 is 1.19 bits per heavy atom. The van der Waals surface area contributed by atoms with Gasteiger partial charge in [-0.1, -0.05) is 6.07 Å². The van der Waals surface area contributed by atoms with Crippen molar-refractivity contribution in [2.45, 2.75) is 56.0 Å². The molecule has 3 aliphatic rings. The van der Waals surface area contributed by atoms with Crippen molar-refractivity contribution in [3.63, 3.8) is 0 Å². The zero-order valence-electron chi connectivity index (χ0n) is 18.4. The van der Waals surface area contributed by atoms with E-state index in [9.17, 15) is 22.4 Å². The van der Waals surface area contributed by atoms with Gasteiger partial charge in [-0.2, -0.15) is 13.2 Å². The van der Waals surface area contributed by atoms with Gasteiger partial charge in [-0.15, -0.1) is 0 Å². The molecule has 1 heterocycles. The molecule has 0 aromatic heterocycles. The van der Waals surface area contributed by atoms with Crippen LogP contribution in [0.25, 0.3) is 0 Å². The quantitative estimate of drug-likeness (QED) is 0.689. The molecule has 9 heteroatoms. The summed E-state index contributed by atoms with van der Waals surface area (Å²) >= 11 is 0. The lowest BCUT2D eigenvalue weighted by Gasteiger charge is -2.40. The molecular formula is C23H30F4N2O3. The lowest BCUT2D eigenvalue weighted by Crippen LogP contribution is -2.42. The van der Waals surface area contributed by atoms with E-state index in [0.29, 0.717) is 6.42 Å². The van der Waals surface area contributed by atoms with E-state index in [1.165, 1.54) is 30.5 Å². The van der Waals surface area contributed by atoms with E-state index in [1.54, 1.807) is 17.0 Å². The Morgan fingerprint density at radius 3 is 2.28 bits per heavy atom. The molecule has 2 fully saturated rings. The number of aliphatic carboxylic acids is 1. The van der Waals surface area contributed by atoms with Gasteiger partial charge in [0.2, 0.25) is 5.91 Å². The van der Waals surface area contributed by atoms with Crippen LogP contribution in [0.15, 0.2) is 18.2 Å². The van der Waals surface area contributed by atoms with Crippen molar-refractivity contribution in [1.29, 1.82) is 0 Å². The van der Waals surface area contributed by atoms with E-state index in [0.717, 1.165) is 38.3 Å². The molecule has 0 radical (unpaired) electrons. The van der Waals surface area contributed by atoms with E-state index < -0.39 is 12.1 Å². The molecule has 1 N–H and O–H groups in total. The van der Waals surface area contributed by atoms with Crippen molar-refractivity contribution in [3.05, 3.63) is 35.1 Å². The summed E-state index contributed by atoms with van der Waals surface area (Å²) in [4.78, 5) is 25.4. The highest BCUT2D eigenvalue weighted by molar-refractivity contribution is 5.77. The van der Waals surface area contributed by atoms with Crippen LogP contribution in [0, 0.1) is 11.7 Å². The van der Waals surface area contributed by atoms with Gasteiger partial charge in [-0.3, -0.25) is 4.79 Å². The molecule has 2 aliphatic carbocycles. The van der Waals surface area contributed by atoms with Crippen molar-refractivity contribution in [3.8, 4) is 0 Å². The summed E-state index contributed by atoms with van der Waals surface area (Å²) in [5.74, 6) is -1.57. The summed E-state index contributed by atoms with van der Waals surface area (Å²) in [6.07, 6.45) is 1.45. The van der Waals surface area contributed by atoms with Crippen molar-refractivity contribution >= 4 is 11.9 Å². The Bertz CT molecular complexity index is 844. The lowest BCUT2D eigenvalue weighted by atomic mass is 9.73. The number of benzene rings is 1. The molecule has 1 saturated heterocycles.